The summed E-state index contributed by atoms with van der Waals surface area (Å²) in [5, 5.41) is 0. The van der Waals surface area contributed by atoms with Crippen LogP contribution in [-0.4, -0.2) is 31.1 Å². The van der Waals surface area contributed by atoms with Crippen LogP contribution in [0.15, 0.2) is 18.2 Å². The first-order valence-corrected chi connectivity index (χ1v) is 8.47. The van der Waals surface area contributed by atoms with Gasteiger partial charge in [-0.2, -0.15) is 0 Å². The molecule has 0 bridgehead atoms. The van der Waals surface area contributed by atoms with E-state index in [9.17, 15) is 0 Å². The number of rotatable bonds is 5. The lowest BCUT2D eigenvalue weighted by molar-refractivity contribution is 0.244. The SMILES string of the molecule is C/C=C/c1ccc2c(c1N(C)CCC)CCN(C1CC1)C2. The normalized spacial score (nSPS) is 19.0. The molecule has 0 aromatic heterocycles. The first-order valence-electron chi connectivity index (χ1n) is 8.47. The molecule has 3 rings (SSSR count). The Labute approximate surface area is 129 Å². The molecule has 2 nitrogen and oxygen atoms in total. The standard InChI is InChI=1S/C19H28N2/c1-4-6-15-7-8-16-14-21(17-9-10-17)13-11-18(16)19(15)20(3)12-5-2/h4,6-8,17H,5,9-14H2,1-3H3/b6-4+. The lowest BCUT2D eigenvalue weighted by atomic mass is 9.93. The summed E-state index contributed by atoms with van der Waals surface area (Å²) in [6.07, 6.45) is 9.65. The van der Waals surface area contributed by atoms with Crippen molar-refractivity contribution in [2.75, 3.05) is 25.0 Å². The third-order valence-corrected chi connectivity index (χ3v) is 4.78. The minimum Gasteiger partial charge on any atom is -0.374 e. The van der Waals surface area contributed by atoms with E-state index >= 15 is 0 Å². The molecule has 0 N–H and O–H groups in total. The van der Waals surface area contributed by atoms with Gasteiger partial charge in [0.1, 0.15) is 0 Å². The predicted molar refractivity (Wildman–Crippen MR) is 91.8 cm³/mol. The molecule has 0 radical (unpaired) electrons. The fraction of sp³-hybridized carbons (Fsp3) is 0.579. The highest BCUT2D eigenvalue weighted by Gasteiger charge is 2.32. The van der Waals surface area contributed by atoms with Gasteiger partial charge in [0, 0.05) is 38.4 Å². The molecule has 0 spiro atoms. The highest BCUT2D eigenvalue weighted by molar-refractivity contribution is 5.72. The zero-order chi connectivity index (χ0) is 14.8. The van der Waals surface area contributed by atoms with E-state index in [-0.39, 0.29) is 0 Å². The van der Waals surface area contributed by atoms with Crippen molar-refractivity contribution in [3.05, 3.63) is 34.9 Å². The van der Waals surface area contributed by atoms with E-state index in [4.69, 9.17) is 0 Å². The second-order valence-electron chi connectivity index (χ2n) is 6.51. The van der Waals surface area contributed by atoms with Gasteiger partial charge in [-0.15, -0.1) is 0 Å². The zero-order valence-electron chi connectivity index (χ0n) is 13.7. The van der Waals surface area contributed by atoms with Crippen LogP contribution in [0.1, 0.15) is 49.8 Å². The van der Waals surface area contributed by atoms with E-state index in [2.05, 4.69) is 55.0 Å². The van der Waals surface area contributed by atoms with Crippen LogP contribution in [0.2, 0.25) is 0 Å². The van der Waals surface area contributed by atoms with Gasteiger partial charge in [-0.3, -0.25) is 4.90 Å². The van der Waals surface area contributed by atoms with E-state index in [0.29, 0.717) is 0 Å². The summed E-state index contributed by atoms with van der Waals surface area (Å²) in [4.78, 5) is 5.14. The summed E-state index contributed by atoms with van der Waals surface area (Å²) < 4.78 is 0. The van der Waals surface area contributed by atoms with Crippen LogP contribution >= 0.6 is 0 Å². The van der Waals surface area contributed by atoms with E-state index in [1.165, 1.54) is 43.5 Å². The second kappa shape index (κ2) is 6.23. The molecule has 0 saturated heterocycles. The molecular formula is C19H28N2. The summed E-state index contributed by atoms with van der Waals surface area (Å²) in [7, 11) is 2.25. The van der Waals surface area contributed by atoms with Gasteiger partial charge >= 0.3 is 0 Å². The van der Waals surface area contributed by atoms with Gasteiger partial charge < -0.3 is 4.90 Å². The Kier molecular flexibility index (Phi) is 4.34. The highest BCUT2D eigenvalue weighted by Crippen LogP contribution is 2.36. The lowest BCUT2D eigenvalue weighted by Crippen LogP contribution is -2.33. The average Bonchev–Trinajstić information content (AvgIpc) is 3.31. The Bertz CT molecular complexity index is 529. The quantitative estimate of drug-likeness (QED) is 0.803. The third kappa shape index (κ3) is 3.01. The maximum absolute atomic E-state index is 2.68. The number of allylic oxidation sites excluding steroid dienone is 1. The van der Waals surface area contributed by atoms with Gasteiger partial charge in [0.2, 0.25) is 0 Å². The van der Waals surface area contributed by atoms with E-state index < -0.39 is 0 Å². The van der Waals surface area contributed by atoms with E-state index in [1.54, 1.807) is 11.1 Å². The number of hydrogen-bond donors (Lipinski definition) is 0. The molecule has 114 valence electrons. The van der Waals surface area contributed by atoms with Gasteiger partial charge in [-0.1, -0.05) is 31.2 Å². The molecular weight excluding hydrogens is 256 g/mol. The van der Waals surface area contributed by atoms with Crippen molar-refractivity contribution in [3.63, 3.8) is 0 Å². The molecule has 1 aromatic carbocycles. The summed E-state index contributed by atoms with van der Waals surface area (Å²) in [5.41, 5.74) is 6.01. The Balaban J connectivity index is 1.96. The van der Waals surface area contributed by atoms with Crippen LogP contribution in [0.25, 0.3) is 6.08 Å². The van der Waals surface area contributed by atoms with Gasteiger partial charge in [0.15, 0.2) is 0 Å². The van der Waals surface area contributed by atoms with Crippen molar-refractivity contribution in [2.45, 2.75) is 52.1 Å². The van der Waals surface area contributed by atoms with Crippen molar-refractivity contribution in [1.82, 2.24) is 4.90 Å². The summed E-state index contributed by atoms with van der Waals surface area (Å²) in [6, 6.07) is 5.56. The van der Waals surface area contributed by atoms with Gasteiger partial charge in [0.05, 0.1) is 0 Å². The summed E-state index contributed by atoms with van der Waals surface area (Å²) in [5.74, 6) is 0. The van der Waals surface area contributed by atoms with Crippen LogP contribution < -0.4 is 4.90 Å². The largest absolute Gasteiger partial charge is 0.374 e. The molecule has 1 saturated carbocycles. The van der Waals surface area contributed by atoms with Crippen molar-refractivity contribution < 1.29 is 0 Å². The van der Waals surface area contributed by atoms with Crippen LogP contribution in [0, 0.1) is 0 Å². The molecule has 0 unspecified atom stereocenters. The molecule has 1 aliphatic heterocycles. The molecule has 0 atom stereocenters. The van der Waals surface area contributed by atoms with Crippen molar-refractivity contribution in [3.8, 4) is 0 Å². The molecule has 1 heterocycles. The molecule has 0 amide bonds. The van der Waals surface area contributed by atoms with Gasteiger partial charge in [0.25, 0.3) is 0 Å². The third-order valence-electron chi connectivity index (χ3n) is 4.78. The number of benzene rings is 1. The maximum atomic E-state index is 2.68. The molecule has 2 aliphatic rings. The monoisotopic (exact) mass is 284 g/mol. The van der Waals surface area contributed by atoms with Crippen LogP contribution in [0.4, 0.5) is 5.69 Å². The Morgan fingerprint density at radius 3 is 2.81 bits per heavy atom. The maximum Gasteiger partial charge on any atom is 0.0473 e. The van der Waals surface area contributed by atoms with E-state index in [1.807, 2.05) is 0 Å². The highest BCUT2D eigenvalue weighted by atomic mass is 15.2. The van der Waals surface area contributed by atoms with E-state index in [0.717, 1.165) is 19.1 Å². The molecule has 2 heteroatoms. The average molecular weight is 284 g/mol. The fourth-order valence-corrected chi connectivity index (χ4v) is 3.64. The van der Waals surface area contributed by atoms with Crippen LogP contribution in [0.3, 0.4) is 0 Å². The van der Waals surface area contributed by atoms with Gasteiger partial charge in [-0.05, 0) is 49.3 Å². The predicted octanol–water partition coefficient (Wildman–Crippen LogP) is 4.09. The second-order valence-corrected chi connectivity index (χ2v) is 6.51. The molecule has 21 heavy (non-hydrogen) atoms. The number of anilines is 1. The first-order chi connectivity index (χ1) is 10.2. The number of hydrogen-bond acceptors (Lipinski definition) is 2. The minimum absolute atomic E-state index is 0.880. The topological polar surface area (TPSA) is 6.48 Å². The van der Waals surface area contributed by atoms with Crippen molar-refractivity contribution in [2.24, 2.45) is 0 Å². The van der Waals surface area contributed by atoms with Crippen LogP contribution in [-0.2, 0) is 13.0 Å². The number of nitrogens with zero attached hydrogens (tertiary/aromatic N) is 2. The summed E-state index contributed by atoms with van der Waals surface area (Å²) in [6.45, 7) is 7.90. The minimum atomic E-state index is 0.880. The van der Waals surface area contributed by atoms with Gasteiger partial charge in [-0.25, -0.2) is 0 Å². The zero-order valence-corrected chi connectivity index (χ0v) is 13.7. The Morgan fingerprint density at radius 2 is 2.14 bits per heavy atom. The van der Waals surface area contributed by atoms with Crippen molar-refractivity contribution >= 4 is 11.8 Å². The van der Waals surface area contributed by atoms with Crippen LogP contribution in [0.5, 0.6) is 0 Å². The number of fused-ring (bicyclic) bond motifs is 1. The fourth-order valence-electron chi connectivity index (χ4n) is 3.64. The summed E-state index contributed by atoms with van der Waals surface area (Å²) >= 11 is 0. The molecule has 1 aromatic rings. The Morgan fingerprint density at radius 1 is 1.33 bits per heavy atom. The Hall–Kier alpha value is -1.28. The first kappa shape index (κ1) is 14.6. The molecule has 1 fully saturated rings. The molecule has 1 aliphatic carbocycles. The smallest absolute Gasteiger partial charge is 0.0473 e. The van der Waals surface area contributed by atoms with Crippen molar-refractivity contribution in [1.29, 1.82) is 0 Å². The lowest BCUT2D eigenvalue weighted by Gasteiger charge is -2.33.